The molecule has 26 heavy (non-hydrogen) atoms. The molecule has 1 heterocycles. The molecular formula is C19H26N2O5. The molecular weight excluding hydrogens is 336 g/mol. The lowest BCUT2D eigenvalue weighted by atomic mass is 10.0. The van der Waals surface area contributed by atoms with Crippen LogP contribution in [0.4, 0.5) is 0 Å². The molecule has 1 aromatic carbocycles. The molecule has 1 aliphatic rings. The van der Waals surface area contributed by atoms with Crippen LogP contribution in [0.2, 0.25) is 0 Å². The standard InChI is InChI=1S/C19H26N2O5/c1-13(17(22)21-12-6-9-16(21)19(25)26)20(2)15(18(23)24)11-10-14-7-4-3-5-8-14/h3-5,7-8,13,15-16H,6,9-12H2,1-2H3,(H,23,24)(H,25,26)/t13-,15-,16-/m0/s1. The molecule has 2 rings (SSSR count). The van der Waals surface area contributed by atoms with Crippen LogP contribution in [-0.2, 0) is 20.8 Å². The highest BCUT2D eigenvalue weighted by Crippen LogP contribution is 2.21. The molecule has 7 heteroatoms. The second kappa shape index (κ2) is 8.80. The van der Waals surface area contributed by atoms with Gasteiger partial charge in [-0.25, -0.2) is 4.79 Å². The Labute approximate surface area is 153 Å². The molecule has 0 spiro atoms. The maximum atomic E-state index is 12.7. The summed E-state index contributed by atoms with van der Waals surface area (Å²) in [5, 5.41) is 18.9. The van der Waals surface area contributed by atoms with Crippen molar-refractivity contribution in [1.29, 1.82) is 0 Å². The van der Waals surface area contributed by atoms with Crippen molar-refractivity contribution in [2.24, 2.45) is 0 Å². The van der Waals surface area contributed by atoms with Gasteiger partial charge < -0.3 is 15.1 Å². The molecule has 142 valence electrons. The van der Waals surface area contributed by atoms with Gasteiger partial charge in [0.15, 0.2) is 0 Å². The minimum absolute atomic E-state index is 0.330. The molecule has 0 bridgehead atoms. The fraction of sp³-hybridized carbons (Fsp3) is 0.526. The number of benzene rings is 1. The fourth-order valence-corrected chi connectivity index (χ4v) is 3.42. The third-order valence-electron chi connectivity index (χ3n) is 5.12. The summed E-state index contributed by atoms with van der Waals surface area (Å²) in [6.45, 7) is 2.04. The Morgan fingerprint density at radius 1 is 1.23 bits per heavy atom. The topological polar surface area (TPSA) is 98.2 Å². The Morgan fingerprint density at radius 2 is 1.88 bits per heavy atom. The smallest absolute Gasteiger partial charge is 0.326 e. The van der Waals surface area contributed by atoms with Gasteiger partial charge in [0.05, 0.1) is 6.04 Å². The molecule has 0 aliphatic carbocycles. The number of amides is 1. The lowest BCUT2D eigenvalue weighted by Crippen LogP contribution is -2.53. The van der Waals surface area contributed by atoms with E-state index < -0.39 is 30.1 Å². The Kier molecular flexibility index (Phi) is 6.74. The van der Waals surface area contributed by atoms with Gasteiger partial charge in [0.2, 0.25) is 5.91 Å². The Balaban J connectivity index is 2.04. The number of carbonyl (C=O) groups is 3. The van der Waals surface area contributed by atoms with Crippen LogP contribution < -0.4 is 0 Å². The van der Waals surface area contributed by atoms with E-state index in [2.05, 4.69) is 0 Å². The van der Waals surface area contributed by atoms with Crippen molar-refractivity contribution in [3.8, 4) is 0 Å². The van der Waals surface area contributed by atoms with Gasteiger partial charge in [0, 0.05) is 6.54 Å². The Morgan fingerprint density at radius 3 is 2.46 bits per heavy atom. The van der Waals surface area contributed by atoms with E-state index in [1.54, 1.807) is 14.0 Å². The molecule has 1 aliphatic heterocycles. The van der Waals surface area contributed by atoms with Crippen LogP contribution in [0.5, 0.6) is 0 Å². The third-order valence-corrected chi connectivity index (χ3v) is 5.12. The first-order chi connectivity index (χ1) is 12.3. The highest BCUT2D eigenvalue weighted by molar-refractivity contribution is 5.88. The summed E-state index contributed by atoms with van der Waals surface area (Å²) in [5.41, 5.74) is 1.04. The molecule has 7 nitrogen and oxygen atoms in total. The number of carboxylic acid groups (broad SMARTS) is 2. The normalized spacial score (nSPS) is 19.3. The largest absolute Gasteiger partial charge is 0.480 e. The molecule has 0 aromatic heterocycles. The predicted octanol–water partition coefficient (Wildman–Crippen LogP) is 1.47. The molecule has 0 radical (unpaired) electrons. The summed E-state index contributed by atoms with van der Waals surface area (Å²) in [6, 6.07) is 7.25. The van der Waals surface area contributed by atoms with Gasteiger partial charge in [-0.15, -0.1) is 0 Å². The quantitative estimate of drug-likeness (QED) is 0.727. The van der Waals surface area contributed by atoms with Crippen LogP contribution >= 0.6 is 0 Å². The molecule has 3 atom stereocenters. The van der Waals surface area contributed by atoms with Crippen LogP contribution in [0, 0.1) is 0 Å². The van der Waals surface area contributed by atoms with Crippen molar-refractivity contribution in [2.45, 2.75) is 50.7 Å². The molecule has 0 saturated carbocycles. The summed E-state index contributed by atoms with van der Waals surface area (Å²) in [4.78, 5) is 38.7. The van der Waals surface area contributed by atoms with Crippen LogP contribution in [0.15, 0.2) is 30.3 Å². The number of aryl methyl sites for hydroxylation is 1. The van der Waals surface area contributed by atoms with Crippen molar-refractivity contribution in [3.63, 3.8) is 0 Å². The number of carbonyl (C=O) groups excluding carboxylic acids is 1. The van der Waals surface area contributed by atoms with Crippen LogP contribution in [0.25, 0.3) is 0 Å². The second-order valence-corrected chi connectivity index (χ2v) is 6.75. The zero-order chi connectivity index (χ0) is 19.3. The number of likely N-dealkylation sites (N-methyl/N-ethyl adjacent to an activating group) is 1. The Bertz CT molecular complexity index is 649. The van der Waals surface area contributed by atoms with E-state index in [9.17, 15) is 24.6 Å². The SMILES string of the molecule is C[C@@H](C(=O)N1CCC[C@H]1C(=O)O)N(C)[C@@H](CCc1ccccc1)C(=O)O. The predicted molar refractivity (Wildman–Crippen MR) is 95.8 cm³/mol. The molecule has 0 unspecified atom stereocenters. The van der Waals surface area contributed by atoms with E-state index in [0.29, 0.717) is 32.2 Å². The van der Waals surface area contributed by atoms with E-state index in [1.807, 2.05) is 30.3 Å². The zero-order valence-electron chi connectivity index (χ0n) is 15.2. The first-order valence-corrected chi connectivity index (χ1v) is 8.85. The number of likely N-dealkylation sites (tertiary alicyclic amines) is 1. The fourth-order valence-electron chi connectivity index (χ4n) is 3.42. The first kappa shape index (κ1) is 19.9. The summed E-state index contributed by atoms with van der Waals surface area (Å²) in [6.07, 6.45) is 2.05. The molecule has 1 amide bonds. The van der Waals surface area contributed by atoms with Crippen molar-refractivity contribution in [3.05, 3.63) is 35.9 Å². The van der Waals surface area contributed by atoms with Gasteiger partial charge >= 0.3 is 11.9 Å². The van der Waals surface area contributed by atoms with Crippen molar-refractivity contribution >= 4 is 17.8 Å². The number of hydrogen-bond acceptors (Lipinski definition) is 4. The number of aliphatic carboxylic acids is 2. The molecule has 1 aromatic rings. The van der Waals surface area contributed by atoms with Gasteiger partial charge in [0.1, 0.15) is 12.1 Å². The van der Waals surface area contributed by atoms with E-state index in [0.717, 1.165) is 5.56 Å². The number of nitrogens with zero attached hydrogens (tertiary/aromatic N) is 2. The molecule has 2 N–H and O–H groups in total. The summed E-state index contributed by atoms with van der Waals surface area (Å²) < 4.78 is 0. The lowest BCUT2D eigenvalue weighted by molar-refractivity contribution is -0.152. The Hall–Kier alpha value is -2.41. The van der Waals surface area contributed by atoms with E-state index in [-0.39, 0.29) is 5.91 Å². The van der Waals surface area contributed by atoms with Crippen LogP contribution in [0.3, 0.4) is 0 Å². The number of rotatable bonds is 8. The van der Waals surface area contributed by atoms with Crippen molar-refractivity contribution < 1.29 is 24.6 Å². The van der Waals surface area contributed by atoms with Gasteiger partial charge in [0.25, 0.3) is 0 Å². The average Bonchev–Trinajstić information content (AvgIpc) is 3.11. The van der Waals surface area contributed by atoms with Gasteiger partial charge in [-0.05, 0) is 45.2 Å². The molecule has 1 fully saturated rings. The average molecular weight is 362 g/mol. The zero-order valence-corrected chi connectivity index (χ0v) is 15.2. The van der Waals surface area contributed by atoms with Crippen molar-refractivity contribution in [1.82, 2.24) is 9.80 Å². The first-order valence-electron chi connectivity index (χ1n) is 8.85. The van der Waals surface area contributed by atoms with Crippen LogP contribution in [0.1, 0.15) is 31.7 Å². The summed E-state index contributed by atoms with van der Waals surface area (Å²) in [7, 11) is 1.61. The monoisotopic (exact) mass is 362 g/mol. The summed E-state index contributed by atoms with van der Waals surface area (Å²) >= 11 is 0. The molecule has 1 saturated heterocycles. The number of carboxylic acids is 2. The van der Waals surface area contributed by atoms with Gasteiger partial charge in [-0.3, -0.25) is 14.5 Å². The van der Waals surface area contributed by atoms with E-state index in [1.165, 1.54) is 9.80 Å². The summed E-state index contributed by atoms with van der Waals surface area (Å²) in [5.74, 6) is -2.33. The second-order valence-electron chi connectivity index (χ2n) is 6.75. The van der Waals surface area contributed by atoms with E-state index in [4.69, 9.17) is 0 Å². The van der Waals surface area contributed by atoms with E-state index >= 15 is 0 Å². The van der Waals surface area contributed by atoms with Gasteiger partial charge in [-0.1, -0.05) is 30.3 Å². The lowest BCUT2D eigenvalue weighted by Gasteiger charge is -2.33. The van der Waals surface area contributed by atoms with Crippen molar-refractivity contribution in [2.75, 3.05) is 13.6 Å². The third kappa shape index (κ3) is 4.60. The van der Waals surface area contributed by atoms with Gasteiger partial charge in [-0.2, -0.15) is 0 Å². The maximum absolute atomic E-state index is 12.7. The minimum atomic E-state index is -1.01. The maximum Gasteiger partial charge on any atom is 0.326 e. The highest BCUT2D eigenvalue weighted by Gasteiger charge is 2.38. The number of hydrogen-bond donors (Lipinski definition) is 2. The highest BCUT2D eigenvalue weighted by atomic mass is 16.4. The minimum Gasteiger partial charge on any atom is -0.480 e. The van der Waals surface area contributed by atoms with Crippen LogP contribution in [-0.4, -0.2) is 69.6 Å².